The first-order valence-corrected chi connectivity index (χ1v) is 6.17. The third-order valence-corrected chi connectivity index (χ3v) is 2.04. The monoisotopic (exact) mass is 267 g/mol. The fourth-order valence-electron chi connectivity index (χ4n) is 1.26. The summed E-state index contributed by atoms with van der Waals surface area (Å²) in [7, 11) is 0. The summed E-state index contributed by atoms with van der Waals surface area (Å²) in [5.41, 5.74) is 0.390. The summed E-state index contributed by atoms with van der Waals surface area (Å²) < 4.78 is 10.5. The molecule has 1 radical (unpaired) electrons. The molecule has 19 heavy (non-hydrogen) atoms. The van der Waals surface area contributed by atoms with Crippen molar-refractivity contribution in [3.63, 3.8) is 0 Å². The van der Waals surface area contributed by atoms with Gasteiger partial charge in [-0.3, -0.25) is 4.89 Å². The third kappa shape index (κ3) is 6.22. The van der Waals surface area contributed by atoms with Crippen LogP contribution in [0.1, 0.15) is 31.1 Å². The fourth-order valence-corrected chi connectivity index (χ4v) is 1.26. The number of rotatable bonds is 8. The highest BCUT2D eigenvalue weighted by molar-refractivity contribution is 5.89. The van der Waals surface area contributed by atoms with Crippen LogP contribution in [-0.4, -0.2) is 25.3 Å². The van der Waals surface area contributed by atoms with E-state index >= 15 is 0 Å². The highest BCUT2D eigenvalue weighted by Crippen LogP contribution is 2.14. The van der Waals surface area contributed by atoms with Crippen LogP contribution < -0.4 is 4.74 Å². The number of carbonyl (C=O) groups excluding carboxylic acids is 1. The molecule has 0 heterocycles. The minimum absolute atomic E-state index is 0.0919. The Hall–Kier alpha value is -1.59. The Bertz CT molecular complexity index is 372. The average molecular weight is 267 g/mol. The highest BCUT2D eigenvalue weighted by Gasteiger charge is 2.08. The maximum atomic E-state index is 11.6. The van der Waals surface area contributed by atoms with Crippen LogP contribution in [-0.2, 0) is 14.5 Å². The second kappa shape index (κ2) is 8.50. The summed E-state index contributed by atoms with van der Waals surface area (Å²) in [6, 6.07) is 6.65. The van der Waals surface area contributed by atoms with Gasteiger partial charge in [0.05, 0.1) is 18.3 Å². The van der Waals surface area contributed by atoms with Crippen molar-refractivity contribution in [2.75, 3.05) is 13.2 Å². The second-order valence-electron chi connectivity index (χ2n) is 3.98. The van der Waals surface area contributed by atoms with E-state index in [1.165, 1.54) is 6.61 Å². The zero-order valence-corrected chi connectivity index (χ0v) is 11.4. The van der Waals surface area contributed by atoms with Crippen molar-refractivity contribution in [2.24, 2.45) is 0 Å². The van der Waals surface area contributed by atoms with E-state index in [2.05, 4.69) is 9.78 Å². The predicted molar refractivity (Wildman–Crippen MR) is 69.5 cm³/mol. The molecule has 0 aliphatic heterocycles. The molecule has 1 rings (SSSR count). The van der Waals surface area contributed by atoms with Gasteiger partial charge in [-0.15, -0.1) is 0 Å². The third-order valence-electron chi connectivity index (χ3n) is 2.04. The van der Waals surface area contributed by atoms with Gasteiger partial charge >= 0.3 is 5.97 Å². The van der Waals surface area contributed by atoms with Crippen LogP contribution in [0.2, 0.25) is 0 Å². The summed E-state index contributed by atoms with van der Waals surface area (Å²) in [5, 5.41) is 0. The van der Waals surface area contributed by atoms with Crippen molar-refractivity contribution in [3.05, 3.63) is 36.4 Å². The van der Waals surface area contributed by atoms with Crippen molar-refractivity contribution in [3.8, 4) is 5.75 Å². The zero-order valence-electron chi connectivity index (χ0n) is 11.4. The molecule has 0 bridgehead atoms. The molecule has 1 aromatic carbocycles. The largest absolute Gasteiger partial charge is 0.491 e. The van der Waals surface area contributed by atoms with E-state index in [4.69, 9.17) is 9.47 Å². The molecule has 0 aliphatic rings. The summed E-state index contributed by atoms with van der Waals surface area (Å²) in [6.45, 7) is 7.85. The van der Waals surface area contributed by atoms with E-state index in [1.54, 1.807) is 24.3 Å². The zero-order chi connectivity index (χ0) is 14.1. The smallest absolute Gasteiger partial charge is 0.373 e. The van der Waals surface area contributed by atoms with Crippen LogP contribution in [0.25, 0.3) is 0 Å². The van der Waals surface area contributed by atoms with Gasteiger partial charge in [-0.05, 0) is 45.0 Å². The van der Waals surface area contributed by atoms with Gasteiger partial charge in [0, 0.05) is 6.61 Å². The molecule has 0 saturated carbocycles. The van der Waals surface area contributed by atoms with Crippen molar-refractivity contribution in [1.29, 1.82) is 0 Å². The molecule has 0 aromatic heterocycles. The number of hydrogen-bond donors (Lipinski definition) is 0. The summed E-state index contributed by atoms with van der Waals surface area (Å²) in [6.07, 6.45) is 0.0919. The second-order valence-corrected chi connectivity index (χ2v) is 3.98. The SMILES string of the molecule is CCOC[CH]OOC(=O)c1ccc(OC(C)C)cc1. The maximum absolute atomic E-state index is 11.6. The molecule has 0 fully saturated rings. The lowest BCUT2D eigenvalue weighted by molar-refractivity contribution is -0.218. The van der Waals surface area contributed by atoms with Crippen LogP contribution in [0.15, 0.2) is 24.3 Å². The average Bonchev–Trinajstić information content (AvgIpc) is 2.38. The standard InChI is InChI=1S/C14H19O5/c1-4-16-9-10-17-19-14(15)12-5-7-13(8-6-12)18-11(2)3/h5-8,10-11H,4,9H2,1-3H3. The van der Waals surface area contributed by atoms with E-state index < -0.39 is 5.97 Å². The van der Waals surface area contributed by atoms with Gasteiger partial charge in [0.15, 0.2) is 6.61 Å². The number of hydrogen-bond acceptors (Lipinski definition) is 5. The maximum Gasteiger partial charge on any atom is 0.373 e. The molecule has 105 valence electrons. The quantitative estimate of drug-likeness (QED) is 0.412. The van der Waals surface area contributed by atoms with Crippen molar-refractivity contribution in [1.82, 2.24) is 0 Å². The summed E-state index contributed by atoms with van der Waals surface area (Å²) >= 11 is 0. The summed E-state index contributed by atoms with van der Waals surface area (Å²) in [5.74, 6) is 0.138. The van der Waals surface area contributed by atoms with Crippen molar-refractivity contribution < 1.29 is 24.0 Å². The van der Waals surface area contributed by atoms with Crippen LogP contribution in [0.5, 0.6) is 5.75 Å². The minimum atomic E-state index is -0.566. The highest BCUT2D eigenvalue weighted by atomic mass is 17.2. The van der Waals surface area contributed by atoms with Gasteiger partial charge in [0.1, 0.15) is 5.75 Å². The first kappa shape index (κ1) is 15.5. The minimum Gasteiger partial charge on any atom is -0.491 e. The molecule has 0 unspecified atom stereocenters. The molecular formula is C14H19O5. The topological polar surface area (TPSA) is 54.0 Å². The van der Waals surface area contributed by atoms with Crippen LogP contribution in [0.3, 0.4) is 0 Å². The first-order valence-electron chi connectivity index (χ1n) is 6.17. The van der Waals surface area contributed by atoms with Gasteiger partial charge in [-0.2, -0.15) is 4.89 Å². The van der Waals surface area contributed by atoms with Gasteiger partial charge in [-0.25, -0.2) is 4.79 Å². The Balaban J connectivity index is 2.36. The van der Waals surface area contributed by atoms with E-state index in [9.17, 15) is 4.79 Å². The van der Waals surface area contributed by atoms with Gasteiger partial charge in [0.2, 0.25) is 0 Å². The van der Waals surface area contributed by atoms with E-state index in [0.29, 0.717) is 17.9 Å². The van der Waals surface area contributed by atoms with E-state index in [-0.39, 0.29) is 12.7 Å². The van der Waals surface area contributed by atoms with E-state index in [1.807, 2.05) is 20.8 Å². The Morgan fingerprint density at radius 2 is 1.95 bits per heavy atom. The Labute approximate surface area is 113 Å². The fraction of sp³-hybridized carbons (Fsp3) is 0.429. The lowest BCUT2D eigenvalue weighted by atomic mass is 10.2. The molecule has 0 N–H and O–H groups in total. The number of benzene rings is 1. The Kier molecular flexibility index (Phi) is 6.92. The molecule has 0 atom stereocenters. The molecule has 0 saturated heterocycles. The Morgan fingerprint density at radius 3 is 2.53 bits per heavy atom. The van der Waals surface area contributed by atoms with Crippen LogP contribution in [0.4, 0.5) is 0 Å². The van der Waals surface area contributed by atoms with E-state index in [0.717, 1.165) is 0 Å². The van der Waals surface area contributed by atoms with Gasteiger partial charge in [0.25, 0.3) is 0 Å². The van der Waals surface area contributed by atoms with Crippen LogP contribution in [0, 0.1) is 6.61 Å². The molecule has 5 heteroatoms. The predicted octanol–water partition coefficient (Wildman–Crippen LogP) is 2.76. The lowest BCUT2D eigenvalue weighted by Gasteiger charge is -2.09. The first-order chi connectivity index (χ1) is 9.13. The van der Waals surface area contributed by atoms with Crippen LogP contribution >= 0.6 is 0 Å². The number of carbonyl (C=O) groups is 1. The molecule has 1 aromatic rings. The normalized spacial score (nSPS) is 10.5. The molecular weight excluding hydrogens is 248 g/mol. The van der Waals surface area contributed by atoms with Crippen molar-refractivity contribution >= 4 is 5.97 Å². The van der Waals surface area contributed by atoms with Gasteiger partial charge in [-0.1, -0.05) is 0 Å². The summed E-state index contributed by atoms with van der Waals surface area (Å²) in [4.78, 5) is 20.8. The molecule has 5 nitrogen and oxygen atoms in total. The van der Waals surface area contributed by atoms with Crippen molar-refractivity contribution in [2.45, 2.75) is 26.9 Å². The molecule has 0 aliphatic carbocycles. The Morgan fingerprint density at radius 1 is 1.26 bits per heavy atom. The van der Waals surface area contributed by atoms with Gasteiger partial charge < -0.3 is 9.47 Å². The molecule has 0 spiro atoms. The lowest BCUT2D eigenvalue weighted by Crippen LogP contribution is -2.08. The molecule has 0 amide bonds. The number of ether oxygens (including phenoxy) is 2.